The maximum Gasteiger partial charge on any atom is 0.150 e. The third-order valence-electron chi connectivity index (χ3n) is 6.59. The number of ether oxygens (including phenoxy) is 1. The molecule has 2 nitrogen and oxygen atoms in total. The zero-order valence-corrected chi connectivity index (χ0v) is 23.6. The molecule has 0 aromatic heterocycles. The number of aldehydes is 1. The number of methoxy groups -OCH3 is 1. The number of carbonyl (C=O) groups is 1. The summed E-state index contributed by atoms with van der Waals surface area (Å²) in [6.07, 6.45) is 5.65. The molecule has 0 saturated heterocycles. The van der Waals surface area contributed by atoms with Gasteiger partial charge in [0.15, 0.2) is 6.29 Å². The summed E-state index contributed by atoms with van der Waals surface area (Å²) in [7, 11) is 2.30. The monoisotopic (exact) mass is 468 g/mol. The summed E-state index contributed by atoms with van der Waals surface area (Å²) in [5, 5.41) is 1.03. The Morgan fingerprint density at radius 2 is 1.55 bits per heavy atom. The van der Waals surface area contributed by atoms with Gasteiger partial charge in [-0.25, -0.2) is 0 Å². The molecule has 0 heterocycles. The van der Waals surface area contributed by atoms with E-state index >= 15 is 0 Å². The Morgan fingerprint density at radius 1 is 0.909 bits per heavy atom. The fourth-order valence-electron chi connectivity index (χ4n) is 4.43. The first-order valence-corrected chi connectivity index (χ1v) is 13.3. The van der Waals surface area contributed by atoms with Crippen LogP contribution < -0.4 is 10.0 Å². The standard InChI is InChI=1S/C30H45O2P/c1-11-12-13-16-30(9,33-26-15-14-21(2)17-22(26)20-31)25-19-23(28(3,4)5)18-24(27(25)32-10)29(6,7)8/h14-15,17-20,33H,11-13,16H2,1-10H3. The predicted octanol–water partition coefficient (Wildman–Crippen LogP) is 8.21. The maximum atomic E-state index is 11.9. The second-order valence-electron chi connectivity index (χ2n) is 11.7. The van der Waals surface area contributed by atoms with Crippen LogP contribution in [0.2, 0.25) is 0 Å². The van der Waals surface area contributed by atoms with E-state index in [2.05, 4.69) is 79.7 Å². The van der Waals surface area contributed by atoms with E-state index in [1.165, 1.54) is 29.5 Å². The van der Waals surface area contributed by atoms with Gasteiger partial charge in [0.05, 0.1) is 7.11 Å². The van der Waals surface area contributed by atoms with Crippen molar-refractivity contribution >= 4 is 20.2 Å². The first kappa shape index (κ1) is 27.6. The van der Waals surface area contributed by atoms with Crippen LogP contribution in [0.5, 0.6) is 5.75 Å². The van der Waals surface area contributed by atoms with Crippen molar-refractivity contribution in [1.82, 2.24) is 0 Å². The zero-order chi connectivity index (χ0) is 25.0. The molecule has 2 atom stereocenters. The van der Waals surface area contributed by atoms with E-state index in [1.807, 2.05) is 20.1 Å². The highest BCUT2D eigenvalue weighted by molar-refractivity contribution is 7.48. The second-order valence-corrected chi connectivity index (χ2v) is 13.6. The van der Waals surface area contributed by atoms with Crippen molar-refractivity contribution in [2.45, 2.75) is 104 Å². The fourth-order valence-corrected chi connectivity index (χ4v) is 6.09. The summed E-state index contributed by atoms with van der Waals surface area (Å²) in [6, 6.07) is 11.0. The van der Waals surface area contributed by atoms with E-state index in [0.717, 1.165) is 41.3 Å². The summed E-state index contributed by atoms with van der Waals surface area (Å²) >= 11 is 0. The third-order valence-corrected chi connectivity index (χ3v) is 8.38. The largest absolute Gasteiger partial charge is 0.496 e. The summed E-state index contributed by atoms with van der Waals surface area (Å²) < 4.78 is 6.17. The molecule has 0 aliphatic rings. The molecule has 0 N–H and O–H groups in total. The van der Waals surface area contributed by atoms with Crippen molar-refractivity contribution in [1.29, 1.82) is 0 Å². The van der Waals surface area contributed by atoms with Crippen LogP contribution in [0.25, 0.3) is 0 Å². The Labute approximate surface area is 204 Å². The second kappa shape index (κ2) is 10.7. The van der Waals surface area contributed by atoms with E-state index in [4.69, 9.17) is 4.74 Å². The van der Waals surface area contributed by atoms with Crippen LogP contribution in [0, 0.1) is 6.92 Å². The lowest BCUT2D eigenvalue weighted by molar-refractivity contribution is 0.112. The molecular weight excluding hydrogens is 423 g/mol. The SMILES string of the molecule is CCCCCC(C)(Pc1ccc(C)cc1C=O)c1cc(C(C)(C)C)cc(C(C)(C)C)c1OC. The van der Waals surface area contributed by atoms with Gasteiger partial charge in [0.1, 0.15) is 5.75 Å². The number of hydrogen-bond acceptors (Lipinski definition) is 2. The van der Waals surface area contributed by atoms with Gasteiger partial charge in [-0.1, -0.05) is 113 Å². The smallest absolute Gasteiger partial charge is 0.150 e. The van der Waals surface area contributed by atoms with Crippen molar-refractivity contribution in [2.24, 2.45) is 0 Å². The number of carbonyl (C=O) groups excluding carboxylic acids is 1. The molecule has 2 aromatic rings. The quantitative estimate of drug-likeness (QED) is 0.210. The van der Waals surface area contributed by atoms with Crippen molar-refractivity contribution in [3.8, 4) is 5.75 Å². The van der Waals surface area contributed by atoms with Crippen LogP contribution in [0.3, 0.4) is 0 Å². The van der Waals surface area contributed by atoms with Gasteiger partial charge in [-0.2, -0.15) is 0 Å². The van der Waals surface area contributed by atoms with Crippen LogP contribution in [-0.2, 0) is 16.0 Å². The Morgan fingerprint density at radius 3 is 2.06 bits per heavy atom. The normalized spacial score (nSPS) is 14.5. The number of unbranched alkanes of at least 4 members (excludes halogenated alkanes) is 2. The molecule has 0 saturated carbocycles. The molecule has 2 unspecified atom stereocenters. The van der Waals surface area contributed by atoms with Gasteiger partial charge >= 0.3 is 0 Å². The molecule has 0 aliphatic heterocycles. The Balaban J connectivity index is 2.81. The zero-order valence-electron chi connectivity index (χ0n) is 22.6. The van der Waals surface area contributed by atoms with Crippen molar-refractivity contribution < 1.29 is 9.53 Å². The average molecular weight is 469 g/mol. The number of benzene rings is 2. The Bertz CT molecular complexity index is 962. The van der Waals surface area contributed by atoms with Crippen LogP contribution in [0.4, 0.5) is 0 Å². The predicted molar refractivity (Wildman–Crippen MR) is 146 cm³/mol. The first-order chi connectivity index (χ1) is 15.3. The molecule has 0 spiro atoms. The van der Waals surface area contributed by atoms with Crippen LogP contribution in [-0.4, -0.2) is 13.4 Å². The van der Waals surface area contributed by atoms with E-state index in [0.29, 0.717) is 8.58 Å². The Kier molecular flexibility index (Phi) is 8.97. The number of hydrogen-bond donors (Lipinski definition) is 0. The van der Waals surface area contributed by atoms with Crippen molar-refractivity contribution in [3.63, 3.8) is 0 Å². The maximum absolute atomic E-state index is 11.9. The van der Waals surface area contributed by atoms with E-state index in [-0.39, 0.29) is 16.0 Å². The lowest BCUT2D eigenvalue weighted by Crippen LogP contribution is -2.26. The van der Waals surface area contributed by atoms with Crippen LogP contribution in [0.1, 0.15) is 114 Å². The minimum absolute atomic E-state index is 0.0340. The molecule has 0 radical (unpaired) electrons. The summed E-state index contributed by atoms with van der Waals surface area (Å²) in [6.45, 7) is 20.3. The van der Waals surface area contributed by atoms with E-state index in [1.54, 1.807) is 0 Å². The van der Waals surface area contributed by atoms with Crippen molar-refractivity contribution in [3.05, 3.63) is 58.1 Å². The highest BCUT2D eigenvalue weighted by Gasteiger charge is 2.35. The molecular formula is C30H45O2P. The molecule has 2 rings (SSSR count). The summed E-state index contributed by atoms with van der Waals surface area (Å²) in [4.78, 5) is 11.9. The van der Waals surface area contributed by atoms with Crippen LogP contribution in [0.15, 0.2) is 30.3 Å². The van der Waals surface area contributed by atoms with Gasteiger partial charge in [0, 0.05) is 21.8 Å². The highest BCUT2D eigenvalue weighted by atomic mass is 31.1. The first-order valence-electron chi connectivity index (χ1n) is 12.3. The molecule has 0 fully saturated rings. The molecule has 0 amide bonds. The van der Waals surface area contributed by atoms with E-state index in [9.17, 15) is 4.79 Å². The highest BCUT2D eigenvalue weighted by Crippen LogP contribution is 2.52. The minimum Gasteiger partial charge on any atom is -0.496 e. The Hall–Kier alpha value is -1.66. The van der Waals surface area contributed by atoms with Gasteiger partial charge in [-0.05, 0) is 41.1 Å². The van der Waals surface area contributed by atoms with Gasteiger partial charge in [0.2, 0.25) is 0 Å². The van der Waals surface area contributed by atoms with Gasteiger partial charge < -0.3 is 4.74 Å². The van der Waals surface area contributed by atoms with Gasteiger partial charge in [0.25, 0.3) is 0 Å². The minimum atomic E-state index is -0.116. The lowest BCUT2D eigenvalue weighted by atomic mass is 9.76. The molecule has 2 aromatic carbocycles. The average Bonchev–Trinajstić information content (AvgIpc) is 2.72. The molecule has 0 bridgehead atoms. The van der Waals surface area contributed by atoms with Gasteiger partial charge in [-0.15, -0.1) is 0 Å². The van der Waals surface area contributed by atoms with Gasteiger partial charge in [-0.3, -0.25) is 4.79 Å². The number of aryl methyl sites for hydroxylation is 1. The van der Waals surface area contributed by atoms with Crippen LogP contribution >= 0.6 is 8.58 Å². The van der Waals surface area contributed by atoms with E-state index < -0.39 is 0 Å². The fraction of sp³-hybridized carbons (Fsp3) is 0.567. The molecule has 3 heteroatoms. The lowest BCUT2D eigenvalue weighted by Gasteiger charge is -2.37. The molecule has 0 aliphatic carbocycles. The molecule has 182 valence electrons. The summed E-state index contributed by atoms with van der Waals surface area (Å²) in [5.74, 6) is 1.02. The summed E-state index contributed by atoms with van der Waals surface area (Å²) in [5.41, 5.74) is 5.83. The van der Waals surface area contributed by atoms with Crippen molar-refractivity contribution in [2.75, 3.05) is 7.11 Å². The molecule has 33 heavy (non-hydrogen) atoms. The number of rotatable bonds is 9. The topological polar surface area (TPSA) is 26.3 Å². The third kappa shape index (κ3) is 6.69.